The van der Waals surface area contributed by atoms with Crippen LogP contribution < -0.4 is 10.2 Å². The van der Waals surface area contributed by atoms with E-state index in [1.165, 1.54) is 0 Å². The van der Waals surface area contributed by atoms with E-state index in [0.717, 1.165) is 36.4 Å². The second kappa shape index (κ2) is 6.43. The zero-order chi connectivity index (χ0) is 13.8. The summed E-state index contributed by atoms with van der Waals surface area (Å²) in [5.41, 5.74) is 0. The summed E-state index contributed by atoms with van der Waals surface area (Å²) in [5.74, 6) is 1.86. The molecule has 1 aromatic heterocycles. The molecule has 6 heteroatoms. The van der Waals surface area contributed by atoms with Crippen molar-refractivity contribution in [1.82, 2.24) is 9.97 Å². The highest BCUT2D eigenvalue weighted by molar-refractivity contribution is 7.98. The Balaban J connectivity index is 2.31. The smallest absolute Gasteiger partial charge is 0.191 e. The number of nitrogens with one attached hydrogen (secondary N) is 1. The zero-order valence-corrected chi connectivity index (χ0v) is 12.8. The zero-order valence-electron chi connectivity index (χ0n) is 12.0. The largest absolute Gasteiger partial charge is 0.375 e. The third-order valence-corrected chi connectivity index (χ3v) is 3.91. The van der Waals surface area contributed by atoms with Gasteiger partial charge >= 0.3 is 0 Å². The van der Waals surface area contributed by atoms with Crippen molar-refractivity contribution < 1.29 is 4.74 Å². The molecule has 2 unspecified atom stereocenters. The van der Waals surface area contributed by atoms with Gasteiger partial charge in [0, 0.05) is 19.7 Å². The number of hydrogen-bond donors (Lipinski definition) is 1. The first-order valence-corrected chi connectivity index (χ1v) is 7.89. The molecule has 1 aliphatic heterocycles. The SMILES string of the molecule is CCC1COC(C)CN1c1cc(NC)nc(SC)n1. The van der Waals surface area contributed by atoms with E-state index in [1.807, 2.05) is 19.4 Å². The van der Waals surface area contributed by atoms with Crippen molar-refractivity contribution in [2.45, 2.75) is 37.6 Å². The van der Waals surface area contributed by atoms with Gasteiger partial charge in [-0.25, -0.2) is 9.97 Å². The lowest BCUT2D eigenvalue weighted by Gasteiger charge is -2.39. The number of aromatic nitrogens is 2. The molecule has 0 amide bonds. The number of thioether (sulfide) groups is 1. The molecule has 0 bridgehead atoms. The Bertz CT molecular complexity index is 407. The molecule has 2 atom stereocenters. The molecular formula is C13H22N4OS. The van der Waals surface area contributed by atoms with Crippen LogP contribution in [0.4, 0.5) is 11.6 Å². The van der Waals surface area contributed by atoms with Gasteiger partial charge in [-0.3, -0.25) is 0 Å². The molecule has 1 aromatic rings. The molecule has 1 aliphatic rings. The van der Waals surface area contributed by atoms with E-state index in [-0.39, 0.29) is 6.10 Å². The second-order valence-electron chi connectivity index (χ2n) is 4.71. The van der Waals surface area contributed by atoms with Gasteiger partial charge in [0.25, 0.3) is 0 Å². The van der Waals surface area contributed by atoms with Crippen LogP contribution in [0, 0.1) is 0 Å². The number of ether oxygens (including phenoxy) is 1. The quantitative estimate of drug-likeness (QED) is 0.675. The Morgan fingerprint density at radius 2 is 2.32 bits per heavy atom. The summed E-state index contributed by atoms with van der Waals surface area (Å²) < 4.78 is 5.74. The minimum absolute atomic E-state index is 0.244. The third kappa shape index (κ3) is 3.30. The molecular weight excluding hydrogens is 260 g/mol. The molecule has 19 heavy (non-hydrogen) atoms. The van der Waals surface area contributed by atoms with Crippen LogP contribution in [0.15, 0.2) is 11.2 Å². The summed E-state index contributed by atoms with van der Waals surface area (Å²) in [6.45, 7) is 5.94. The van der Waals surface area contributed by atoms with E-state index in [9.17, 15) is 0 Å². The lowest BCUT2D eigenvalue weighted by atomic mass is 10.1. The van der Waals surface area contributed by atoms with Crippen LogP contribution in [0.5, 0.6) is 0 Å². The van der Waals surface area contributed by atoms with Crippen molar-refractivity contribution in [3.63, 3.8) is 0 Å². The molecule has 0 aromatic carbocycles. The Morgan fingerprint density at radius 1 is 1.53 bits per heavy atom. The third-order valence-electron chi connectivity index (χ3n) is 3.36. The lowest BCUT2D eigenvalue weighted by Crippen LogP contribution is -2.49. The molecule has 1 fully saturated rings. The van der Waals surface area contributed by atoms with Crippen LogP contribution in [-0.2, 0) is 4.74 Å². The first kappa shape index (κ1) is 14.4. The van der Waals surface area contributed by atoms with Gasteiger partial charge in [0.1, 0.15) is 11.6 Å². The molecule has 0 spiro atoms. The lowest BCUT2D eigenvalue weighted by molar-refractivity contribution is 0.0295. The van der Waals surface area contributed by atoms with E-state index in [1.54, 1.807) is 11.8 Å². The Morgan fingerprint density at radius 3 is 2.95 bits per heavy atom. The molecule has 5 nitrogen and oxygen atoms in total. The summed E-state index contributed by atoms with van der Waals surface area (Å²) in [7, 11) is 1.88. The van der Waals surface area contributed by atoms with Gasteiger partial charge in [-0.05, 0) is 19.6 Å². The summed E-state index contributed by atoms with van der Waals surface area (Å²) in [6.07, 6.45) is 3.30. The Kier molecular flexibility index (Phi) is 4.87. The molecule has 0 radical (unpaired) electrons. The van der Waals surface area contributed by atoms with Crippen molar-refractivity contribution in [3.05, 3.63) is 6.07 Å². The monoisotopic (exact) mass is 282 g/mol. The van der Waals surface area contributed by atoms with Crippen LogP contribution in [0.25, 0.3) is 0 Å². The number of hydrogen-bond acceptors (Lipinski definition) is 6. The summed E-state index contributed by atoms with van der Waals surface area (Å²) >= 11 is 1.57. The van der Waals surface area contributed by atoms with Crippen LogP contribution in [0.1, 0.15) is 20.3 Å². The number of morpholine rings is 1. The molecule has 1 saturated heterocycles. The molecule has 0 aliphatic carbocycles. The molecule has 1 N–H and O–H groups in total. The fourth-order valence-corrected chi connectivity index (χ4v) is 2.62. The van der Waals surface area contributed by atoms with E-state index in [2.05, 4.69) is 34.0 Å². The predicted octanol–water partition coefficient (Wildman–Crippen LogP) is 2.24. The van der Waals surface area contributed by atoms with Crippen molar-refractivity contribution in [1.29, 1.82) is 0 Å². The van der Waals surface area contributed by atoms with Gasteiger partial charge in [-0.1, -0.05) is 18.7 Å². The maximum atomic E-state index is 5.74. The van der Waals surface area contributed by atoms with Crippen molar-refractivity contribution in [2.24, 2.45) is 0 Å². The minimum atomic E-state index is 0.244. The van der Waals surface area contributed by atoms with Crippen LogP contribution >= 0.6 is 11.8 Å². The van der Waals surface area contributed by atoms with Gasteiger partial charge in [-0.15, -0.1) is 0 Å². The normalized spacial score (nSPS) is 23.5. The molecule has 106 valence electrons. The number of rotatable bonds is 4. The standard InChI is InChI=1S/C13H22N4OS/c1-5-10-8-18-9(2)7-17(10)12-6-11(14-3)15-13(16-12)19-4/h6,9-10H,5,7-8H2,1-4H3,(H,14,15,16). The minimum Gasteiger partial charge on any atom is -0.375 e. The fourth-order valence-electron chi connectivity index (χ4n) is 2.24. The van der Waals surface area contributed by atoms with Crippen LogP contribution in [0.3, 0.4) is 0 Å². The highest BCUT2D eigenvalue weighted by Crippen LogP contribution is 2.25. The first-order chi connectivity index (χ1) is 9.17. The van der Waals surface area contributed by atoms with E-state index < -0.39 is 0 Å². The summed E-state index contributed by atoms with van der Waals surface area (Å²) in [6, 6.07) is 2.41. The summed E-state index contributed by atoms with van der Waals surface area (Å²) in [5, 5.41) is 3.90. The van der Waals surface area contributed by atoms with Gasteiger partial charge < -0.3 is 15.0 Å². The van der Waals surface area contributed by atoms with Crippen molar-refractivity contribution in [3.8, 4) is 0 Å². The van der Waals surface area contributed by atoms with Gasteiger partial charge in [0.15, 0.2) is 5.16 Å². The van der Waals surface area contributed by atoms with Crippen molar-refractivity contribution in [2.75, 3.05) is 36.7 Å². The topological polar surface area (TPSA) is 50.3 Å². The van der Waals surface area contributed by atoms with E-state index in [4.69, 9.17) is 4.74 Å². The van der Waals surface area contributed by atoms with Gasteiger partial charge in [0.2, 0.25) is 0 Å². The highest BCUT2D eigenvalue weighted by atomic mass is 32.2. The van der Waals surface area contributed by atoms with Crippen LogP contribution in [0.2, 0.25) is 0 Å². The Labute approximate surface area is 119 Å². The first-order valence-electron chi connectivity index (χ1n) is 6.67. The number of nitrogens with zero attached hydrogens (tertiary/aromatic N) is 3. The van der Waals surface area contributed by atoms with Crippen LogP contribution in [-0.4, -0.2) is 48.6 Å². The predicted molar refractivity (Wildman–Crippen MR) is 80.2 cm³/mol. The Hall–Kier alpha value is -1.01. The average Bonchev–Trinajstić information content (AvgIpc) is 2.46. The van der Waals surface area contributed by atoms with E-state index >= 15 is 0 Å². The molecule has 2 heterocycles. The summed E-state index contributed by atoms with van der Waals surface area (Å²) in [4.78, 5) is 11.4. The highest BCUT2D eigenvalue weighted by Gasteiger charge is 2.27. The molecule has 0 saturated carbocycles. The maximum absolute atomic E-state index is 5.74. The van der Waals surface area contributed by atoms with Gasteiger partial charge in [0.05, 0.1) is 18.8 Å². The fraction of sp³-hybridized carbons (Fsp3) is 0.692. The average molecular weight is 282 g/mol. The number of anilines is 2. The van der Waals surface area contributed by atoms with E-state index in [0.29, 0.717) is 6.04 Å². The molecule has 2 rings (SSSR count). The second-order valence-corrected chi connectivity index (χ2v) is 5.48. The van der Waals surface area contributed by atoms with Gasteiger partial charge in [-0.2, -0.15) is 0 Å². The maximum Gasteiger partial charge on any atom is 0.191 e. The van der Waals surface area contributed by atoms with Crippen molar-refractivity contribution >= 4 is 23.4 Å².